The summed E-state index contributed by atoms with van der Waals surface area (Å²) in [5.41, 5.74) is 0.813. The highest BCUT2D eigenvalue weighted by molar-refractivity contribution is 7.08. The highest BCUT2D eigenvalue weighted by Crippen LogP contribution is 2.67. The normalized spacial score (nSPS) is 23.6. The van der Waals surface area contributed by atoms with Crippen molar-refractivity contribution in [2.45, 2.75) is 341 Å². The number of hydrogen-bond acceptors (Lipinski definition) is 19. The van der Waals surface area contributed by atoms with Crippen LogP contribution >= 0.6 is 11.3 Å². The van der Waals surface area contributed by atoms with Crippen molar-refractivity contribution in [2.75, 3.05) is 58.9 Å². The van der Waals surface area contributed by atoms with Crippen molar-refractivity contribution in [3.05, 3.63) is 47.7 Å². The number of thiophene rings is 1. The largest absolute Gasteiger partial charge is 0.389 e. The van der Waals surface area contributed by atoms with Crippen LogP contribution in [0.4, 0.5) is 27.6 Å². The first kappa shape index (κ1) is 117. The van der Waals surface area contributed by atoms with E-state index >= 15 is 0 Å². The van der Waals surface area contributed by atoms with Gasteiger partial charge in [0, 0.05) is 71.9 Å². The predicted octanol–water partition coefficient (Wildman–Crippen LogP) is 8.14. The number of amides is 18. The molecule has 1 aromatic heterocycles. The lowest BCUT2D eigenvalue weighted by molar-refractivity contribution is -0.148. The number of urea groups is 3. The lowest BCUT2D eigenvalue weighted by Gasteiger charge is -2.40. The lowest BCUT2D eigenvalue weighted by Crippen LogP contribution is -2.65. The predicted molar refractivity (Wildman–Crippen MR) is 530 cm³/mol. The van der Waals surface area contributed by atoms with Gasteiger partial charge in [-0.3, -0.25) is 71.9 Å². The van der Waals surface area contributed by atoms with Gasteiger partial charge in [0.25, 0.3) is 17.7 Å². The number of fused-ring (bicyclic) bond motifs is 3. The molecule has 9 fully saturated rings. The number of alkyl halides is 3. The summed E-state index contributed by atoms with van der Waals surface area (Å²) in [6.07, 6.45) is 4.05. The van der Waals surface area contributed by atoms with Gasteiger partial charge in [0.2, 0.25) is 70.5 Å². The average Bonchev–Trinajstić information content (AvgIpc) is 1.53. The first-order chi connectivity index (χ1) is 65.6. The van der Waals surface area contributed by atoms with E-state index in [4.69, 9.17) is 5.73 Å². The molecule has 0 aromatic carbocycles. The molecule has 4 aliphatic heterocycles. The van der Waals surface area contributed by atoms with E-state index < -0.39 is 207 Å². The van der Waals surface area contributed by atoms with Crippen molar-refractivity contribution in [1.29, 1.82) is 0 Å². The van der Waals surface area contributed by atoms with E-state index in [1.807, 2.05) is 148 Å². The monoisotopic (exact) mass is 2020 g/mol. The molecule has 18 amide bonds. The van der Waals surface area contributed by atoms with Crippen LogP contribution in [0.15, 0.2) is 42.1 Å². The van der Waals surface area contributed by atoms with Crippen LogP contribution in [0.1, 0.15) is 262 Å². The number of carbonyl (C=O) groups excluding carboxylic acids is 18. The van der Waals surface area contributed by atoms with Gasteiger partial charge in [-0.2, -0.15) is 24.5 Å². The minimum Gasteiger partial charge on any atom is -0.363 e. The number of primary amides is 1. The molecule has 17 atom stereocenters. The van der Waals surface area contributed by atoms with E-state index in [0.717, 1.165) is 50.5 Å². The Balaban J connectivity index is 0.000000261. The molecule has 794 valence electrons. The minimum atomic E-state index is -4.66. The van der Waals surface area contributed by atoms with Crippen molar-refractivity contribution < 1.29 is 99.5 Å². The third-order valence-corrected chi connectivity index (χ3v) is 30.9. The second kappa shape index (κ2) is 46.2. The number of rotatable bonds is 38. The van der Waals surface area contributed by atoms with E-state index in [9.17, 15) is 99.5 Å². The molecule has 5 aliphatic carbocycles. The fourth-order valence-electron chi connectivity index (χ4n) is 21.1. The van der Waals surface area contributed by atoms with Gasteiger partial charge in [-0.1, -0.05) is 203 Å². The van der Waals surface area contributed by atoms with Crippen LogP contribution in [-0.2, 0) is 78.5 Å². The van der Waals surface area contributed by atoms with Gasteiger partial charge in [-0.15, -0.1) is 13.2 Å². The van der Waals surface area contributed by atoms with Crippen molar-refractivity contribution in [2.24, 2.45) is 90.5 Å². The lowest BCUT2D eigenvalue weighted by atomic mass is 9.80. The molecule has 10 rings (SSSR count). The van der Waals surface area contributed by atoms with Crippen molar-refractivity contribution in [1.82, 2.24) is 88.3 Å². The molecule has 9 aliphatic rings. The molecular weight excluding hydrogens is 1850 g/mol. The van der Waals surface area contributed by atoms with E-state index in [2.05, 4.69) is 90.8 Å². The molecule has 0 radical (unpaired) electrons. The zero-order valence-electron chi connectivity index (χ0n) is 87.9. The summed E-state index contributed by atoms with van der Waals surface area (Å²) in [7, 11) is 0. The van der Waals surface area contributed by atoms with Gasteiger partial charge in [0.15, 0.2) is 0 Å². The number of Topliss-reactive ketones (excluding diaryl/α,β-unsaturated/α-hetero) is 3. The molecule has 36 nitrogen and oxygen atoms in total. The van der Waals surface area contributed by atoms with E-state index in [1.165, 1.54) is 26.9 Å². The molecule has 5 heterocycles. The van der Waals surface area contributed by atoms with Gasteiger partial charge in [-0.05, 0) is 166 Å². The maximum Gasteiger partial charge on any atom is 0.389 e. The molecule has 40 heteroatoms. The highest BCUT2D eigenvalue weighted by atomic mass is 32.1. The number of hydrogen-bond donors (Lipinski definition) is 13. The Kier molecular flexibility index (Phi) is 38.0. The summed E-state index contributed by atoms with van der Waals surface area (Å²) in [4.78, 5) is 248. The Morgan fingerprint density at radius 3 is 1.18 bits per heavy atom. The number of carbonyl (C=O) groups is 18. The molecule has 0 spiro atoms. The van der Waals surface area contributed by atoms with Gasteiger partial charge >= 0.3 is 24.3 Å². The van der Waals surface area contributed by atoms with Crippen LogP contribution in [0, 0.1) is 84.7 Å². The van der Waals surface area contributed by atoms with Crippen molar-refractivity contribution in [3.8, 4) is 0 Å². The van der Waals surface area contributed by atoms with Crippen molar-refractivity contribution in [3.63, 3.8) is 0 Å². The third-order valence-electron chi connectivity index (χ3n) is 30.2. The van der Waals surface area contributed by atoms with Crippen LogP contribution in [-0.4, -0.2) is 268 Å². The second-order valence-electron chi connectivity index (χ2n) is 47.3. The Hall–Kier alpha value is -10.6. The smallest absolute Gasteiger partial charge is 0.363 e. The zero-order chi connectivity index (χ0) is 107. The first-order valence-corrected chi connectivity index (χ1v) is 51.3. The molecular formula is C102H161F3N18O18S. The summed E-state index contributed by atoms with van der Waals surface area (Å²) in [5, 5.41) is 36.5. The minimum absolute atomic E-state index is 0.0647. The van der Waals surface area contributed by atoms with Crippen LogP contribution in [0.5, 0.6) is 0 Å². The second-order valence-corrected chi connectivity index (χ2v) is 48.0. The highest BCUT2D eigenvalue weighted by Gasteiger charge is 2.73. The fourth-order valence-corrected chi connectivity index (χ4v) is 21.8. The number of ketones is 3. The molecule has 3 unspecified atom stereocenters. The quantitative estimate of drug-likeness (QED) is 0.0219. The number of halogens is 3. The van der Waals surface area contributed by atoms with Gasteiger partial charge in [0.1, 0.15) is 53.9 Å². The Morgan fingerprint density at radius 2 is 0.845 bits per heavy atom. The zero-order valence-corrected chi connectivity index (χ0v) is 88.7. The Bertz CT molecular complexity index is 4830. The van der Waals surface area contributed by atoms with Gasteiger partial charge in [-0.25, -0.2) is 14.4 Å². The Morgan fingerprint density at radius 1 is 0.479 bits per heavy atom. The first-order valence-electron chi connectivity index (χ1n) is 50.3. The molecule has 0 bridgehead atoms. The van der Waals surface area contributed by atoms with Crippen molar-refractivity contribution >= 4 is 118 Å². The van der Waals surface area contributed by atoms with Gasteiger partial charge in [0.05, 0.1) is 18.1 Å². The maximum absolute atomic E-state index is 14.4. The molecule has 14 N–H and O–H groups in total. The summed E-state index contributed by atoms with van der Waals surface area (Å²) in [5.74, 6) is -10.2. The van der Waals surface area contributed by atoms with E-state index in [-0.39, 0.29) is 101 Å². The number of likely N-dealkylation sites (N-methyl/N-ethyl adjacent to an activating group) is 1. The number of likely N-dealkylation sites (tertiary alicyclic amines) is 4. The molecule has 142 heavy (non-hydrogen) atoms. The maximum atomic E-state index is 14.4. The number of nitrogens with one attached hydrogen (secondary N) is 12. The number of nitrogens with zero attached hydrogens (tertiary/aromatic N) is 5. The van der Waals surface area contributed by atoms with Crippen LogP contribution in [0.2, 0.25) is 0 Å². The van der Waals surface area contributed by atoms with Gasteiger partial charge < -0.3 is 94.0 Å². The van der Waals surface area contributed by atoms with E-state index in [0.29, 0.717) is 71.5 Å². The SMILES string of the molecule is C=CCNC(=O)C(=O)C(CCC(F)(F)F)NC(=O)[C@@H]1[C@@H]2[C@H](CN1C(=O)[C@@H](NC(=O)N[C@H](C(=O)N1CCCC1)C(C)(C)C)C(C)(C)C)C2(C)C.C=CCNC(=O)C(=O)C(CCC)NC(=O)[C@@H]1[C@@H]2[C@H](CN1C(=O)[C@@H](NC(=O)N[C@H](C(=O)N(CC)CC)C(C)(C)C)C(C)(C)C)C2(C)C.CC(C)(C)[C@H](NC(=O)NC1(C(=O)NCc2ccsc2)CCCCC1)C(=O)N1C[C@H]2[C@@H]([C@H]1C(=O)NC(CC1CC1)C(=O)C(N)=O)C2(C)C. The topological polar surface area (TPSA) is 494 Å². The summed E-state index contributed by atoms with van der Waals surface area (Å²) in [6, 6.07) is -11.8. The Labute approximate surface area is 839 Å². The summed E-state index contributed by atoms with van der Waals surface area (Å²) in [6.45, 7) is 55.2. The number of piperidine rings is 3. The van der Waals surface area contributed by atoms with Crippen LogP contribution < -0.4 is 69.5 Å². The fraction of sp³-hybridized carbons (Fsp3) is 0.745. The van der Waals surface area contributed by atoms with Crippen LogP contribution in [0.3, 0.4) is 0 Å². The molecule has 4 saturated heterocycles. The summed E-state index contributed by atoms with van der Waals surface area (Å²) < 4.78 is 39.5. The average molecular weight is 2020 g/mol. The molecule has 1 aromatic rings. The van der Waals surface area contributed by atoms with E-state index in [1.54, 1.807) is 41.9 Å². The molecule has 5 saturated carbocycles. The summed E-state index contributed by atoms with van der Waals surface area (Å²) >= 11 is 1.55. The van der Waals surface area contributed by atoms with Crippen LogP contribution in [0.25, 0.3) is 0 Å². The number of nitrogens with two attached hydrogens (primary N) is 1. The standard InChI is InChI=1S/C34H53F3N6O6.C34H50N6O6S.C34H58N6O6/c1-10-15-38-27(46)23(44)20(13-14-34(35,36)37)39-26(45)22-21-19(33(21,8)9)18-43(22)29(48)25(32(5,6)7)41-30(49)40-24(31(2,3)4)28(47)42-16-11-12-17-42;1-32(2,3)26(38-31(46)39-34(12-7-6-8-13-34)30(45)36-16-20-11-14-47-18-20)29(44)40-17-21-23(33(21,4)5)24(40)28(43)37-22(15-19-9-10-19)25(41)27(35)42;1-13-17-21(24(41)28(43)35-18-14-2)36-27(42)23-22-20(34(22,11)12)19-40(23)30(45)26(33(8,9)10)38-31(46)37-25(32(5,6)7)29(44)39(15-3)16-4/h10,19-22,24-25H,1,11-18H2,2-9H3,(H,38,46)(H,39,45)(H2,40,41,49);11,14,18-19,21-24,26H,6-10,12-13,15-17H2,1-5H3,(H2,35,42)(H,36,45)(H,37,43)(H2,38,39,46);14,20-23,25-26H,2,13,15-19H2,1,3-12H3,(H,35,43)(H,36,42)(H2,37,38,46)/t19-,20?,21-,22-,24+,25+;21-,22?,23-,24-,26+;20-,21?,22-,23-,25+,26+/m000/s1. The third kappa shape index (κ3) is 28.6.